The number of aliphatic hydroxyl groups is 1. The zero-order valence-electron chi connectivity index (χ0n) is 9.38. The van der Waals surface area contributed by atoms with E-state index in [-0.39, 0.29) is 12.5 Å². The Kier molecular flexibility index (Phi) is 4.61. The number of hydrogen-bond acceptors (Lipinski definition) is 2. The maximum Gasteiger partial charge on any atom is 0.119 e. The van der Waals surface area contributed by atoms with Crippen molar-refractivity contribution in [2.45, 2.75) is 20.8 Å². The highest BCUT2D eigenvalue weighted by molar-refractivity contribution is 9.10. The van der Waals surface area contributed by atoms with Crippen molar-refractivity contribution in [3.8, 4) is 5.75 Å². The second kappa shape index (κ2) is 5.52. The van der Waals surface area contributed by atoms with Gasteiger partial charge in [-0.15, -0.1) is 0 Å². The maximum absolute atomic E-state index is 8.88. The van der Waals surface area contributed by atoms with Gasteiger partial charge in [0.15, 0.2) is 0 Å². The Morgan fingerprint density at radius 3 is 2.33 bits per heavy atom. The number of halogens is 1. The van der Waals surface area contributed by atoms with Crippen LogP contribution >= 0.6 is 15.9 Å². The normalized spacial score (nSPS) is 12.6. The Balaban J connectivity index is 2.70. The number of ether oxygens (including phenoxy) is 1. The molecule has 2 nitrogen and oxygen atoms in total. The molecule has 0 saturated carbocycles. The molecule has 0 unspecified atom stereocenters. The molecule has 0 heterocycles. The Bertz CT molecular complexity index is 313. The summed E-state index contributed by atoms with van der Waals surface area (Å²) in [6.45, 7) is 6.75. The minimum atomic E-state index is 0.161. The van der Waals surface area contributed by atoms with Gasteiger partial charge in [-0.25, -0.2) is 0 Å². The van der Waals surface area contributed by atoms with E-state index >= 15 is 0 Å². The molecule has 0 aliphatic carbocycles. The van der Waals surface area contributed by atoms with Crippen molar-refractivity contribution < 1.29 is 9.84 Å². The number of aryl methyl sites for hydroxylation is 2. The molecule has 3 heteroatoms. The lowest BCUT2D eigenvalue weighted by molar-refractivity contribution is 0.174. The summed E-state index contributed by atoms with van der Waals surface area (Å²) in [6, 6.07) is 4.00. The van der Waals surface area contributed by atoms with E-state index in [1.54, 1.807) is 0 Å². The number of rotatable bonds is 4. The molecule has 1 aromatic carbocycles. The molecule has 0 aliphatic rings. The van der Waals surface area contributed by atoms with Crippen LogP contribution < -0.4 is 4.74 Å². The first kappa shape index (κ1) is 12.5. The molecule has 0 aliphatic heterocycles. The van der Waals surface area contributed by atoms with Crippen molar-refractivity contribution in [3.63, 3.8) is 0 Å². The van der Waals surface area contributed by atoms with E-state index in [1.165, 1.54) is 11.1 Å². The SMILES string of the molecule is Cc1cc(OC[C@@H](C)CO)cc(C)c1Br. The smallest absolute Gasteiger partial charge is 0.119 e. The highest BCUT2D eigenvalue weighted by atomic mass is 79.9. The predicted molar refractivity (Wildman–Crippen MR) is 65.4 cm³/mol. The summed E-state index contributed by atoms with van der Waals surface area (Å²) in [5.41, 5.74) is 2.34. The van der Waals surface area contributed by atoms with Crippen LogP contribution in [0.15, 0.2) is 16.6 Å². The zero-order chi connectivity index (χ0) is 11.4. The minimum absolute atomic E-state index is 0.161. The lowest BCUT2D eigenvalue weighted by Crippen LogP contribution is -2.12. The van der Waals surface area contributed by atoms with Crippen LogP contribution in [-0.2, 0) is 0 Å². The van der Waals surface area contributed by atoms with Crippen LogP contribution in [0.2, 0.25) is 0 Å². The van der Waals surface area contributed by atoms with Crippen molar-refractivity contribution in [3.05, 3.63) is 27.7 Å². The van der Waals surface area contributed by atoms with Crippen LogP contribution in [0.3, 0.4) is 0 Å². The lowest BCUT2D eigenvalue weighted by atomic mass is 10.1. The van der Waals surface area contributed by atoms with Crippen LogP contribution in [0.5, 0.6) is 5.75 Å². The van der Waals surface area contributed by atoms with E-state index < -0.39 is 0 Å². The summed E-state index contributed by atoms with van der Waals surface area (Å²) < 4.78 is 6.72. The van der Waals surface area contributed by atoms with Gasteiger partial charge < -0.3 is 9.84 Å². The fourth-order valence-electron chi connectivity index (χ4n) is 1.28. The van der Waals surface area contributed by atoms with Crippen LogP contribution in [0, 0.1) is 19.8 Å². The third-order valence-electron chi connectivity index (χ3n) is 2.26. The average molecular weight is 273 g/mol. The molecular weight excluding hydrogens is 256 g/mol. The molecule has 15 heavy (non-hydrogen) atoms. The van der Waals surface area contributed by atoms with E-state index in [4.69, 9.17) is 9.84 Å². The Morgan fingerprint density at radius 1 is 1.33 bits per heavy atom. The van der Waals surface area contributed by atoms with E-state index in [0.717, 1.165) is 10.2 Å². The van der Waals surface area contributed by atoms with E-state index in [9.17, 15) is 0 Å². The molecule has 1 aromatic rings. The first-order chi connectivity index (χ1) is 7.04. The number of benzene rings is 1. The summed E-state index contributed by atoms with van der Waals surface area (Å²) in [5, 5.41) is 8.88. The Hall–Kier alpha value is -0.540. The van der Waals surface area contributed by atoms with Crippen molar-refractivity contribution in [1.29, 1.82) is 0 Å². The summed E-state index contributed by atoms with van der Waals surface area (Å²) in [4.78, 5) is 0. The first-order valence-corrected chi connectivity index (χ1v) is 5.84. The Morgan fingerprint density at radius 2 is 1.87 bits per heavy atom. The highest BCUT2D eigenvalue weighted by Crippen LogP contribution is 2.26. The van der Waals surface area contributed by atoms with Crippen molar-refractivity contribution >= 4 is 15.9 Å². The average Bonchev–Trinajstić information content (AvgIpc) is 2.22. The molecule has 84 valence electrons. The zero-order valence-corrected chi connectivity index (χ0v) is 11.0. The third kappa shape index (κ3) is 3.50. The lowest BCUT2D eigenvalue weighted by Gasteiger charge is -2.12. The fraction of sp³-hybridized carbons (Fsp3) is 0.500. The molecule has 0 aromatic heterocycles. The first-order valence-electron chi connectivity index (χ1n) is 5.05. The van der Waals surface area contributed by atoms with Crippen molar-refractivity contribution in [2.24, 2.45) is 5.92 Å². The molecule has 0 radical (unpaired) electrons. The van der Waals surface area contributed by atoms with Crippen LogP contribution in [0.1, 0.15) is 18.1 Å². The monoisotopic (exact) mass is 272 g/mol. The maximum atomic E-state index is 8.88. The minimum Gasteiger partial charge on any atom is -0.493 e. The molecule has 0 saturated heterocycles. The predicted octanol–water partition coefficient (Wildman–Crippen LogP) is 3.07. The van der Waals surface area contributed by atoms with Gasteiger partial charge in [0, 0.05) is 17.0 Å². The summed E-state index contributed by atoms with van der Waals surface area (Å²) >= 11 is 3.51. The molecule has 1 atom stereocenters. The van der Waals surface area contributed by atoms with Gasteiger partial charge in [-0.05, 0) is 37.1 Å². The standard InChI is InChI=1S/C12H17BrO2/c1-8(6-14)7-15-11-4-9(2)12(13)10(3)5-11/h4-5,8,14H,6-7H2,1-3H3/t8-/m0/s1. The van der Waals surface area contributed by atoms with Crippen LogP contribution in [0.25, 0.3) is 0 Å². The fourth-order valence-corrected chi connectivity index (χ4v) is 1.51. The largest absolute Gasteiger partial charge is 0.493 e. The second-order valence-corrected chi connectivity index (χ2v) is 4.76. The van der Waals surface area contributed by atoms with Gasteiger partial charge in [0.25, 0.3) is 0 Å². The van der Waals surface area contributed by atoms with Crippen molar-refractivity contribution in [2.75, 3.05) is 13.2 Å². The van der Waals surface area contributed by atoms with Gasteiger partial charge in [0.1, 0.15) is 5.75 Å². The highest BCUT2D eigenvalue weighted by Gasteiger charge is 2.05. The van der Waals surface area contributed by atoms with Gasteiger partial charge in [-0.2, -0.15) is 0 Å². The van der Waals surface area contributed by atoms with Crippen LogP contribution in [0.4, 0.5) is 0 Å². The van der Waals surface area contributed by atoms with Gasteiger partial charge in [-0.1, -0.05) is 22.9 Å². The summed E-state index contributed by atoms with van der Waals surface area (Å²) in [7, 11) is 0. The number of aliphatic hydroxyl groups excluding tert-OH is 1. The van der Waals surface area contributed by atoms with E-state index in [1.807, 2.05) is 32.9 Å². The molecular formula is C12H17BrO2. The Labute approximate surface area is 99.4 Å². The van der Waals surface area contributed by atoms with Gasteiger partial charge in [0.2, 0.25) is 0 Å². The third-order valence-corrected chi connectivity index (χ3v) is 3.51. The van der Waals surface area contributed by atoms with Gasteiger partial charge in [-0.3, -0.25) is 0 Å². The topological polar surface area (TPSA) is 29.5 Å². The summed E-state index contributed by atoms with van der Waals surface area (Å²) in [5.74, 6) is 1.04. The molecule has 0 amide bonds. The molecule has 0 bridgehead atoms. The molecule has 1 N–H and O–H groups in total. The van der Waals surface area contributed by atoms with Crippen molar-refractivity contribution in [1.82, 2.24) is 0 Å². The molecule has 1 rings (SSSR count). The van der Waals surface area contributed by atoms with Crippen LogP contribution in [-0.4, -0.2) is 18.3 Å². The van der Waals surface area contributed by atoms with E-state index in [0.29, 0.717) is 6.61 Å². The van der Waals surface area contributed by atoms with Gasteiger partial charge >= 0.3 is 0 Å². The number of hydrogen-bond donors (Lipinski definition) is 1. The van der Waals surface area contributed by atoms with E-state index in [2.05, 4.69) is 15.9 Å². The molecule has 0 fully saturated rings. The second-order valence-electron chi connectivity index (χ2n) is 3.97. The summed E-state index contributed by atoms with van der Waals surface area (Å²) in [6.07, 6.45) is 0. The molecule has 0 spiro atoms. The van der Waals surface area contributed by atoms with Gasteiger partial charge in [0.05, 0.1) is 6.61 Å². The quantitative estimate of drug-likeness (QED) is 0.913.